The zero-order chi connectivity index (χ0) is 38.0. The second-order valence-electron chi connectivity index (χ2n) is 15.2. The lowest BCUT2D eigenvalue weighted by molar-refractivity contribution is 0.566. The van der Waals surface area contributed by atoms with Crippen LogP contribution in [0.4, 0.5) is 0 Å². The van der Waals surface area contributed by atoms with Crippen LogP contribution in [-0.4, -0.2) is 0 Å². The average Bonchev–Trinajstić information content (AvgIpc) is 3.38. The van der Waals surface area contributed by atoms with E-state index in [1.165, 1.54) is 83.5 Å². The van der Waals surface area contributed by atoms with Gasteiger partial charge in [-0.2, -0.15) is 0 Å². The number of benzene rings is 7. The molecule has 0 saturated heterocycles. The Kier molecular flexibility index (Phi) is 9.50. The van der Waals surface area contributed by atoms with Crippen LogP contribution in [0.1, 0.15) is 68.8 Å². The maximum absolute atomic E-state index is 4.14. The second-order valence-corrected chi connectivity index (χ2v) is 15.2. The third-order valence-corrected chi connectivity index (χ3v) is 11.7. The van der Waals surface area contributed by atoms with Crippen molar-refractivity contribution in [3.63, 3.8) is 0 Å². The van der Waals surface area contributed by atoms with Crippen LogP contribution in [0.25, 0.3) is 44.5 Å². The normalized spacial score (nSPS) is 16.1. The molecule has 0 heterocycles. The van der Waals surface area contributed by atoms with Crippen LogP contribution in [0, 0.1) is 6.92 Å². The topological polar surface area (TPSA) is 0 Å². The minimum absolute atomic E-state index is 0.451. The fourth-order valence-electron chi connectivity index (χ4n) is 8.64. The van der Waals surface area contributed by atoms with Crippen molar-refractivity contribution in [2.75, 3.05) is 0 Å². The maximum atomic E-state index is 4.14. The summed E-state index contributed by atoms with van der Waals surface area (Å²) < 4.78 is 0. The standard InChI is InChI=1S/C42H34.C14H10/c1-29-16-20-33(21-17-29)35-24-25-36(28-37(27-35)32-10-4-3-5-11-32)34-22-18-31(19-23-34)26-42-30(2)38-12-6-7-13-39(38)40-14-8-9-15-41(40)42;1-10-11-6-2-4-8-13(11)14-9-5-3-7-12(10)14/h3-23,25,27-28,30,42H,26H2,1-2H3;2-9H,1H2. The molecule has 0 spiro atoms. The zero-order valence-electron chi connectivity index (χ0n) is 32.0. The van der Waals surface area contributed by atoms with Crippen molar-refractivity contribution in [1.82, 2.24) is 0 Å². The van der Waals surface area contributed by atoms with Crippen LogP contribution < -0.4 is 0 Å². The summed E-state index contributed by atoms with van der Waals surface area (Å²) in [5.41, 5.74) is 25.3. The zero-order valence-corrected chi connectivity index (χ0v) is 32.0. The Morgan fingerprint density at radius 3 is 1.61 bits per heavy atom. The van der Waals surface area contributed by atoms with Gasteiger partial charge in [-0.15, -0.1) is 5.73 Å². The third kappa shape index (κ3) is 6.77. The van der Waals surface area contributed by atoms with Gasteiger partial charge in [0, 0.05) is 5.57 Å². The highest BCUT2D eigenvalue weighted by molar-refractivity contribution is 6.00. The van der Waals surface area contributed by atoms with Gasteiger partial charge in [-0.05, 0) is 127 Å². The minimum Gasteiger partial charge on any atom is -0.112 e. The molecule has 3 aliphatic carbocycles. The van der Waals surface area contributed by atoms with E-state index in [2.05, 4.69) is 220 Å². The van der Waals surface area contributed by atoms with Crippen molar-refractivity contribution in [1.29, 1.82) is 0 Å². The van der Waals surface area contributed by atoms with Crippen molar-refractivity contribution in [3.05, 3.63) is 257 Å². The van der Waals surface area contributed by atoms with Crippen LogP contribution in [0.15, 0.2) is 206 Å². The first-order chi connectivity index (χ1) is 27.5. The molecule has 0 bridgehead atoms. The number of rotatable bonds is 5. The lowest BCUT2D eigenvalue weighted by Gasteiger charge is -2.34. The molecule has 0 nitrogen and oxygen atoms in total. The van der Waals surface area contributed by atoms with Gasteiger partial charge >= 0.3 is 0 Å². The Hall–Kier alpha value is -6.72. The molecule has 0 amide bonds. The summed E-state index contributed by atoms with van der Waals surface area (Å²) in [6, 6.07) is 63.4. The van der Waals surface area contributed by atoms with E-state index < -0.39 is 0 Å². The first-order valence-electron chi connectivity index (χ1n) is 19.7. The van der Waals surface area contributed by atoms with E-state index in [4.69, 9.17) is 0 Å². The first kappa shape index (κ1) is 35.0. The largest absolute Gasteiger partial charge is 0.112 e. The highest BCUT2D eigenvalue weighted by Gasteiger charge is 2.30. The Labute approximate surface area is 331 Å². The van der Waals surface area contributed by atoms with Gasteiger partial charge in [0.2, 0.25) is 0 Å². The van der Waals surface area contributed by atoms with Gasteiger partial charge in [0.05, 0.1) is 0 Å². The van der Waals surface area contributed by atoms with Crippen molar-refractivity contribution < 1.29 is 0 Å². The molecule has 7 aromatic carbocycles. The predicted molar refractivity (Wildman–Crippen MR) is 238 cm³/mol. The summed E-state index contributed by atoms with van der Waals surface area (Å²) >= 11 is 0. The Balaban J connectivity index is 0.000000244. The highest BCUT2D eigenvalue weighted by atomic mass is 14.3. The van der Waals surface area contributed by atoms with Crippen molar-refractivity contribution in [2.24, 2.45) is 0 Å². The van der Waals surface area contributed by atoms with Crippen LogP contribution >= 0.6 is 0 Å². The maximum Gasteiger partial charge on any atom is 0.0243 e. The van der Waals surface area contributed by atoms with Gasteiger partial charge in [-0.1, -0.05) is 195 Å². The molecule has 2 unspecified atom stereocenters. The number of hydrogen-bond donors (Lipinski definition) is 0. The molecule has 0 aliphatic heterocycles. The predicted octanol–water partition coefficient (Wildman–Crippen LogP) is 14.6. The van der Waals surface area contributed by atoms with Gasteiger partial charge in [0.1, 0.15) is 0 Å². The summed E-state index contributed by atoms with van der Waals surface area (Å²) in [7, 11) is 0. The molecule has 0 heteroatoms. The minimum atomic E-state index is 0.451. The van der Waals surface area contributed by atoms with E-state index in [-0.39, 0.29) is 0 Å². The van der Waals surface area contributed by atoms with Gasteiger partial charge in [0.15, 0.2) is 0 Å². The molecule has 10 rings (SSSR count). The first-order valence-corrected chi connectivity index (χ1v) is 19.7. The molecule has 3 aliphatic rings. The Bertz CT molecular complexity index is 2660. The average molecular weight is 717 g/mol. The van der Waals surface area contributed by atoms with Crippen molar-refractivity contribution in [3.8, 4) is 22.3 Å². The molecular formula is C56H44. The summed E-state index contributed by atoms with van der Waals surface area (Å²) in [6.45, 7) is 8.66. The number of aryl methyl sites for hydroxylation is 1. The SMILES string of the molecule is C=C1c2ccccc2-c2ccccc21.Cc1ccc(C2=C=CC(c3ccc(CC4c5ccccc5-c5ccccc5C4C)cc3)=CC(c3ccccc3)=C2)cc1. The van der Waals surface area contributed by atoms with Crippen molar-refractivity contribution in [2.45, 2.75) is 32.1 Å². The molecule has 0 N–H and O–H groups in total. The fraction of sp³-hybridized carbons (Fsp3) is 0.0893. The van der Waals surface area contributed by atoms with E-state index >= 15 is 0 Å². The Morgan fingerprint density at radius 2 is 0.964 bits per heavy atom. The molecule has 56 heavy (non-hydrogen) atoms. The lowest BCUT2D eigenvalue weighted by Crippen LogP contribution is -2.17. The smallest absolute Gasteiger partial charge is 0.0243 e. The Morgan fingerprint density at radius 1 is 0.464 bits per heavy atom. The lowest BCUT2D eigenvalue weighted by atomic mass is 9.70. The van der Waals surface area contributed by atoms with Gasteiger partial charge in [-0.3, -0.25) is 0 Å². The van der Waals surface area contributed by atoms with E-state index in [1.54, 1.807) is 0 Å². The van der Waals surface area contributed by atoms with Crippen LogP contribution in [0.3, 0.4) is 0 Å². The van der Waals surface area contributed by atoms with Crippen LogP contribution in [-0.2, 0) is 6.42 Å². The van der Waals surface area contributed by atoms with E-state index in [0.717, 1.165) is 17.6 Å². The fourth-order valence-corrected chi connectivity index (χ4v) is 8.64. The molecule has 0 saturated carbocycles. The second kappa shape index (κ2) is 15.2. The third-order valence-electron chi connectivity index (χ3n) is 11.7. The molecule has 7 aromatic rings. The number of hydrogen-bond acceptors (Lipinski definition) is 0. The summed E-state index contributed by atoms with van der Waals surface area (Å²) in [6.07, 6.45) is 7.73. The molecular weight excluding hydrogens is 673 g/mol. The quantitative estimate of drug-likeness (QED) is 0.156. The summed E-state index contributed by atoms with van der Waals surface area (Å²) in [5, 5.41) is 0. The molecule has 0 fully saturated rings. The van der Waals surface area contributed by atoms with E-state index in [0.29, 0.717) is 11.8 Å². The summed E-state index contributed by atoms with van der Waals surface area (Å²) in [5.74, 6) is 0.915. The molecule has 0 radical (unpaired) electrons. The van der Waals surface area contributed by atoms with E-state index in [9.17, 15) is 0 Å². The van der Waals surface area contributed by atoms with Gasteiger partial charge < -0.3 is 0 Å². The van der Waals surface area contributed by atoms with Crippen LogP contribution in [0.2, 0.25) is 0 Å². The monoisotopic (exact) mass is 716 g/mol. The van der Waals surface area contributed by atoms with E-state index in [1.807, 2.05) is 0 Å². The highest BCUT2D eigenvalue weighted by Crippen LogP contribution is 2.48. The molecule has 2 atom stereocenters. The molecule has 0 aromatic heterocycles. The summed E-state index contributed by atoms with van der Waals surface area (Å²) in [4.78, 5) is 0. The number of allylic oxidation sites excluding steroid dienone is 5. The van der Waals surface area contributed by atoms with Gasteiger partial charge in [0.25, 0.3) is 0 Å². The van der Waals surface area contributed by atoms with Crippen LogP contribution in [0.5, 0.6) is 0 Å². The number of fused-ring (bicyclic) bond motifs is 6. The van der Waals surface area contributed by atoms with Crippen molar-refractivity contribution >= 4 is 22.3 Å². The van der Waals surface area contributed by atoms with Gasteiger partial charge in [-0.25, -0.2) is 0 Å². The molecule has 268 valence electrons.